The minimum absolute atomic E-state index is 0.697. The lowest BCUT2D eigenvalue weighted by Gasteiger charge is -2.39. The van der Waals surface area contributed by atoms with Crippen LogP contribution in [0.4, 0.5) is 0 Å². The monoisotopic (exact) mass is 570 g/mol. The van der Waals surface area contributed by atoms with E-state index < -0.39 is 95.3 Å². The van der Waals surface area contributed by atoms with E-state index in [-0.39, 0.29) is 0 Å². The van der Waals surface area contributed by atoms with Crippen LogP contribution in [0.15, 0.2) is 21.9 Å². The first-order chi connectivity index (χ1) is 17.3. The molecule has 21 heteroatoms. The smallest absolute Gasteiger partial charge is 0.394 e. The number of nitrogens with zero attached hydrogens (tertiary/aromatic N) is 1. The van der Waals surface area contributed by atoms with E-state index >= 15 is 0 Å². The molecule has 2 aliphatic rings. The van der Waals surface area contributed by atoms with Gasteiger partial charge in [-0.2, -0.15) is 4.31 Å². The van der Waals surface area contributed by atoms with Crippen LogP contribution in [0.2, 0.25) is 0 Å². The van der Waals surface area contributed by atoms with Gasteiger partial charge in [0.25, 0.3) is 5.56 Å². The number of phosphoric acid groups is 2. The summed E-state index contributed by atoms with van der Waals surface area (Å²) in [5.74, 6) is 0. The second-order valence-electron chi connectivity index (χ2n) is 7.51. The first-order valence-corrected chi connectivity index (χ1v) is 12.8. The zero-order chi connectivity index (χ0) is 28.8. The maximum Gasteiger partial charge on any atom is 0.483 e. The number of hydrogen-bond acceptors (Lipinski definition) is 15. The molecule has 36 heavy (non-hydrogen) atoms. The fraction of sp³-hybridized carbons (Fsp3) is 0.733. The van der Waals surface area contributed by atoms with Crippen molar-refractivity contribution in [1.82, 2.24) is 9.55 Å². The normalized spacial score (nSPS) is 39.6. The SMILES string of the molecule is [3H]C([3H])(O)[C@H]1O[C@@H](OP(=O)(O)OP(=O)(O)OC[C@H]2O[C@@H](n3ccc(=O)[nH]c3=O)[C@H](O)[C@@H]2O)[C@H](O)[C@@H](O)[C@@H]1O. The molecule has 0 saturated carbocycles. The van der Waals surface area contributed by atoms with Crippen LogP contribution in [0.1, 0.15) is 8.97 Å². The molecule has 3 rings (SSSR count). The van der Waals surface area contributed by atoms with Crippen molar-refractivity contribution in [3.05, 3.63) is 33.1 Å². The van der Waals surface area contributed by atoms with Crippen molar-refractivity contribution < 1.29 is 75.1 Å². The second kappa shape index (κ2) is 11.2. The third-order valence-corrected chi connectivity index (χ3v) is 7.61. The summed E-state index contributed by atoms with van der Waals surface area (Å²) >= 11 is 0. The molecule has 2 fully saturated rings. The van der Waals surface area contributed by atoms with Crippen molar-refractivity contribution >= 4 is 15.6 Å². The van der Waals surface area contributed by atoms with Gasteiger partial charge in [-0.1, -0.05) is 0 Å². The number of ether oxygens (including phenoxy) is 2. The molecule has 2 aliphatic heterocycles. The first kappa shape index (κ1) is 26.2. The molecular weight excluding hydrogens is 542 g/mol. The van der Waals surface area contributed by atoms with Crippen molar-refractivity contribution in [2.45, 2.75) is 55.2 Å². The maximum absolute atomic E-state index is 12.2. The highest BCUT2D eigenvalue weighted by Crippen LogP contribution is 2.61. The van der Waals surface area contributed by atoms with Crippen LogP contribution in [0.25, 0.3) is 0 Å². The van der Waals surface area contributed by atoms with E-state index in [1.165, 1.54) is 0 Å². The second-order valence-corrected chi connectivity index (χ2v) is 10.5. The summed E-state index contributed by atoms with van der Waals surface area (Å²) in [5, 5.41) is 59.1. The van der Waals surface area contributed by atoms with Crippen molar-refractivity contribution in [1.29, 1.82) is 0 Å². The minimum atomic E-state index is -5.76. The predicted octanol–water partition coefficient (Wildman–Crippen LogP) is -4.79. The molecule has 2 unspecified atom stereocenters. The quantitative estimate of drug-likeness (QED) is 0.126. The van der Waals surface area contributed by atoms with Gasteiger partial charge in [0.15, 0.2) is 12.5 Å². The van der Waals surface area contributed by atoms with Gasteiger partial charge in [-0.15, -0.1) is 0 Å². The lowest BCUT2D eigenvalue weighted by Crippen LogP contribution is -2.58. The van der Waals surface area contributed by atoms with Gasteiger partial charge in [-0.25, -0.2) is 13.9 Å². The van der Waals surface area contributed by atoms with Crippen LogP contribution in [-0.2, 0) is 32.0 Å². The van der Waals surface area contributed by atoms with Crippen molar-refractivity contribution in [3.8, 4) is 0 Å². The number of aromatic amines is 1. The van der Waals surface area contributed by atoms with Crippen LogP contribution in [0.5, 0.6) is 0 Å². The molecule has 3 heterocycles. The summed E-state index contributed by atoms with van der Waals surface area (Å²) in [7, 11) is -11.3. The molecule has 19 nitrogen and oxygen atoms in total. The molecule has 0 bridgehead atoms. The van der Waals surface area contributed by atoms with Crippen LogP contribution in [-0.4, -0.2) is 112 Å². The van der Waals surface area contributed by atoms with Crippen LogP contribution in [0, 0.1) is 0 Å². The van der Waals surface area contributed by atoms with E-state index in [1.807, 2.05) is 4.98 Å². The number of hydrogen-bond donors (Lipinski definition) is 9. The van der Waals surface area contributed by atoms with Crippen LogP contribution < -0.4 is 11.2 Å². The molecule has 0 amide bonds. The lowest BCUT2D eigenvalue weighted by molar-refractivity contribution is -0.280. The summed E-state index contributed by atoms with van der Waals surface area (Å²) in [6.07, 6.45) is -17.5. The number of aliphatic hydroxyl groups is 6. The highest BCUT2D eigenvalue weighted by molar-refractivity contribution is 7.61. The molecular formula is C15H24N2O17P2. The molecule has 1 aromatic heterocycles. The number of rotatable bonds is 9. The Morgan fingerprint density at radius 2 is 1.61 bits per heavy atom. The number of aromatic nitrogens is 2. The molecule has 0 spiro atoms. The van der Waals surface area contributed by atoms with Crippen LogP contribution in [0.3, 0.4) is 0 Å². The number of nitrogens with one attached hydrogen (secondary N) is 1. The Morgan fingerprint density at radius 1 is 0.972 bits per heavy atom. The average Bonchev–Trinajstić information content (AvgIpc) is 3.05. The Hall–Kier alpha value is -1.38. The Bertz CT molecular complexity index is 1210. The predicted molar refractivity (Wildman–Crippen MR) is 109 cm³/mol. The number of aliphatic hydroxyl groups excluding tert-OH is 5. The van der Waals surface area contributed by atoms with E-state index in [0.29, 0.717) is 4.57 Å². The Kier molecular flexibility index (Phi) is 8.13. The summed E-state index contributed by atoms with van der Waals surface area (Å²) in [5.41, 5.74) is -1.79. The van der Waals surface area contributed by atoms with E-state index in [0.717, 1.165) is 12.3 Å². The summed E-state index contributed by atoms with van der Waals surface area (Å²) in [6, 6.07) is 0.908. The van der Waals surface area contributed by atoms with Crippen molar-refractivity contribution in [2.75, 3.05) is 13.2 Å². The third kappa shape index (κ3) is 6.54. The third-order valence-electron chi connectivity index (χ3n) is 5.00. The molecule has 0 radical (unpaired) electrons. The highest BCUT2D eigenvalue weighted by atomic mass is 31.3. The fourth-order valence-corrected chi connectivity index (χ4v) is 5.40. The number of phosphoric ester groups is 2. The molecule has 2 saturated heterocycles. The van der Waals surface area contributed by atoms with Gasteiger partial charge < -0.3 is 49.9 Å². The van der Waals surface area contributed by atoms with E-state index in [4.69, 9.17) is 7.48 Å². The average molecular weight is 570 g/mol. The summed E-state index contributed by atoms with van der Waals surface area (Å²) < 4.78 is 62.2. The summed E-state index contributed by atoms with van der Waals surface area (Å²) in [4.78, 5) is 44.6. The van der Waals surface area contributed by atoms with Gasteiger partial charge in [-0.3, -0.25) is 23.4 Å². The topological polar surface area (TPSA) is 297 Å². The summed E-state index contributed by atoms with van der Waals surface area (Å²) in [6.45, 7) is -4.43. The lowest BCUT2D eigenvalue weighted by atomic mass is 10.00. The zero-order valence-corrected chi connectivity index (χ0v) is 19.4. The zero-order valence-electron chi connectivity index (χ0n) is 19.7. The molecule has 11 atom stereocenters. The minimum Gasteiger partial charge on any atom is -0.394 e. The van der Waals surface area contributed by atoms with Gasteiger partial charge in [0.1, 0.15) is 42.7 Å². The van der Waals surface area contributed by atoms with Gasteiger partial charge in [-0.05, 0) is 0 Å². The van der Waals surface area contributed by atoms with Gasteiger partial charge in [0.05, 0.1) is 15.9 Å². The van der Waals surface area contributed by atoms with E-state index in [2.05, 4.69) is 18.1 Å². The van der Waals surface area contributed by atoms with E-state index in [9.17, 15) is 59.1 Å². The van der Waals surface area contributed by atoms with E-state index in [1.54, 1.807) is 0 Å². The maximum atomic E-state index is 12.2. The molecule has 0 aromatic carbocycles. The van der Waals surface area contributed by atoms with Gasteiger partial charge in [0.2, 0.25) is 0 Å². The Balaban J connectivity index is 1.63. The Morgan fingerprint density at radius 3 is 2.22 bits per heavy atom. The molecule has 1 aromatic rings. The standard InChI is InChI=1S/C15H24N2O17P2/c18-3-5-8(20)10(22)12(24)14(32-5)33-36(28,29)34-35(26,27)30-4-6-9(21)11(23)13(31-6)17-2-1-7(19)16-15(17)25/h1-2,5-6,8-14,18,20-24H,3-4H2,(H,26,27)(H,28,29)(H,16,19,25)/t5-,6-,8-,9-,10+,11-,12-,13-,14+/m1/s1/i3T2. The van der Waals surface area contributed by atoms with Crippen molar-refractivity contribution in [3.63, 3.8) is 0 Å². The molecule has 206 valence electrons. The van der Waals surface area contributed by atoms with Gasteiger partial charge in [0, 0.05) is 12.3 Å². The molecule has 0 aliphatic carbocycles. The number of H-pyrrole nitrogens is 1. The van der Waals surface area contributed by atoms with Crippen LogP contribution >= 0.6 is 15.6 Å². The molecule has 9 N–H and O–H groups in total. The first-order valence-electron chi connectivity index (χ1n) is 10.8. The largest absolute Gasteiger partial charge is 0.483 e. The van der Waals surface area contributed by atoms with Crippen molar-refractivity contribution in [2.24, 2.45) is 0 Å². The Labute approximate surface area is 202 Å². The highest BCUT2D eigenvalue weighted by Gasteiger charge is 2.49. The van der Waals surface area contributed by atoms with Gasteiger partial charge >= 0.3 is 21.3 Å². The fourth-order valence-electron chi connectivity index (χ4n) is 3.24.